The first-order chi connectivity index (χ1) is 12.9. The van der Waals surface area contributed by atoms with Crippen molar-refractivity contribution in [2.75, 3.05) is 24.1 Å². The van der Waals surface area contributed by atoms with Crippen molar-refractivity contribution in [3.63, 3.8) is 0 Å². The number of halogens is 2. The van der Waals surface area contributed by atoms with Crippen molar-refractivity contribution in [1.29, 1.82) is 0 Å². The molecule has 2 aromatic carbocycles. The summed E-state index contributed by atoms with van der Waals surface area (Å²) in [5.41, 5.74) is 8.41. The molecule has 150 valence electrons. The first-order valence-corrected chi connectivity index (χ1v) is 8.91. The fourth-order valence-corrected chi connectivity index (χ4v) is 3.15. The normalized spacial score (nSPS) is 14.1. The number of nitrogens with one attached hydrogen (secondary N) is 2. The van der Waals surface area contributed by atoms with Crippen LogP contribution >= 0.6 is 12.4 Å². The van der Waals surface area contributed by atoms with Crippen LogP contribution in [0.25, 0.3) is 0 Å². The molecule has 2 aromatic rings. The smallest absolute Gasteiger partial charge is 0.319 e. The SMILES string of the molecule is Cc1ccc(N)cc1C(=O)N1CCC(NC(=O)Nc2ccc(F)cc2)CC1.Cl. The second kappa shape index (κ2) is 9.41. The highest BCUT2D eigenvalue weighted by Crippen LogP contribution is 2.19. The Balaban J connectivity index is 0.00000280. The van der Waals surface area contributed by atoms with Gasteiger partial charge >= 0.3 is 6.03 Å². The third-order valence-electron chi connectivity index (χ3n) is 4.71. The van der Waals surface area contributed by atoms with Crippen molar-refractivity contribution in [1.82, 2.24) is 10.2 Å². The molecule has 1 aliphatic rings. The summed E-state index contributed by atoms with van der Waals surface area (Å²) in [6, 6.07) is 10.6. The van der Waals surface area contributed by atoms with Gasteiger partial charge in [-0.1, -0.05) is 6.07 Å². The summed E-state index contributed by atoms with van der Waals surface area (Å²) in [6.07, 6.45) is 1.34. The van der Waals surface area contributed by atoms with Gasteiger partial charge in [0.25, 0.3) is 5.91 Å². The zero-order valence-corrected chi connectivity index (χ0v) is 16.4. The molecule has 0 saturated carbocycles. The van der Waals surface area contributed by atoms with E-state index in [0.29, 0.717) is 42.9 Å². The molecule has 6 nitrogen and oxygen atoms in total. The van der Waals surface area contributed by atoms with Crippen LogP contribution in [0, 0.1) is 12.7 Å². The van der Waals surface area contributed by atoms with Crippen LogP contribution in [0.2, 0.25) is 0 Å². The van der Waals surface area contributed by atoms with Crippen molar-refractivity contribution >= 4 is 35.7 Å². The van der Waals surface area contributed by atoms with E-state index in [1.54, 1.807) is 17.0 Å². The molecular weight excluding hydrogens is 383 g/mol. The van der Waals surface area contributed by atoms with E-state index >= 15 is 0 Å². The van der Waals surface area contributed by atoms with Crippen molar-refractivity contribution in [2.45, 2.75) is 25.8 Å². The van der Waals surface area contributed by atoms with Crippen LogP contribution < -0.4 is 16.4 Å². The Bertz CT molecular complexity index is 837. The standard InChI is InChI=1S/C20H23FN4O2.ClH/c1-13-2-5-15(22)12-18(13)19(26)25-10-8-17(9-11-25)24-20(27)23-16-6-3-14(21)4-7-16;/h2-7,12,17H,8-11,22H2,1H3,(H2,23,24,27);1H. The number of rotatable bonds is 3. The van der Waals surface area contributed by atoms with E-state index in [9.17, 15) is 14.0 Å². The van der Waals surface area contributed by atoms with Gasteiger partial charge in [-0.05, 0) is 61.7 Å². The molecule has 4 N–H and O–H groups in total. The highest BCUT2D eigenvalue weighted by Gasteiger charge is 2.25. The number of nitrogens with zero attached hydrogens (tertiary/aromatic N) is 1. The Morgan fingerprint density at radius 1 is 1.11 bits per heavy atom. The number of hydrogen-bond acceptors (Lipinski definition) is 3. The minimum absolute atomic E-state index is 0. The van der Waals surface area contributed by atoms with Gasteiger partial charge in [0.05, 0.1) is 0 Å². The average Bonchev–Trinajstić information content (AvgIpc) is 2.65. The van der Waals surface area contributed by atoms with E-state index in [2.05, 4.69) is 10.6 Å². The molecule has 0 radical (unpaired) electrons. The molecule has 3 amide bonds. The van der Waals surface area contributed by atoms with Crippen LogP contribution in [0.15, 0.2) is 42.5 Å². The van der Waals surface area contributed by atoms with Gasteiger partial charge in [0, 0.05) is 36.1 Å². The molecular formula is C20H24ClFN4O2. The zero-order valence-electron chi connectivity index (χ0n) is 15.6. The summed E-state index contributed by atoms with van der Waals surface area (Å²) < 4.78 is 12.9. The van der Waals surface area contributed by atoms with Gasteiger partial charge in [-0.3, -0.25) is 4.79 Å². The van der Waals surface area contributed by atoms with Gasteiger partial charge in [-0.15, -0.1) is 12.4 Å². The summed E-state index contributed by atoms with van der Waals surface area (Å²) >= 11 is 0. The predicted molar refractivity (Wildman–Crippen MR) is 110 cm³/mol. The summed E-state index contributed by atoms with van der Waals surface area (Å²) in [7, 11) is 0. The molecule has 0 unspecified atom stereocenters. The molecule has 8 heteroatoms. The van der Waals surface area contributed by atoms with Crippen LogP contribution in [0.4, 0.5) is 20.6 Å². The molecule has 0 aromatic heterocycles. The van der Waals surface area contributed by atoms with Crippen molar-refractivity contribution in [3.05, 3.63) is 59.4 Å². The van der Waals surface area contributed by atoms with E-state index in [4.69, 9.17) is 5.73 Å². The van der Waals surface area contributed by atoms with Crippen molar-refractivity contribution in [3.8, 4) is 0 Å². The number of benzene rings is 2. The molecule has 1 aliphatic heterocycles. The lowest BCUT2D eigenvalue weighted by molar-refractivity contribution is 0.0708. The maximum atomic E-state index is 12.9. The van der Waals surface area contributed by atoms with Crippen molar-refractivity contribution in [2.24, 2.45) is 0 Å². The zero-order chi connectivity index (χ0) is 19.4. The highest BCUT2D eigenvalue weighted by molar-refractivity contribution is 5.96. The first-order valence-electron chi connectivity index (χ1n) is 8.91. The molecule has 1 heterocycles. The lowest BCUT2D eigenvalue weighted by atomic mass is 10.0. The average molecular weight is 407 g/mol. The van der Waals surface area contributed by atoms with E-state index < -0.39 is 0 Å². The molecule has 0 spiro atoms. The number of anilines is 2. The minimum atomic E-state index is -0.353. The predicted octanol–water partition coefficient (Wildman–Crippen LogP) is 3.56. The lowest BCUT2D eigenvalue weighted by Gasteiger charge is -2.32. The van der Waals surface area contributed by atoms with Gasteiger partial charge < -0.3 is 21.3 Å². The maximum absolute atomic E-state index is 12.9. The van der Waals surface area contributed by atoms with Crippen LogP contribution in [0.1, 0.15) is 28.8 Å². The summed E-state index contributed by atoms with van der Waals surface area (Å²) in [4.78, 5) is 26.6. The lowest BCUT2D eigenvalue weighted by Crippen LogP contribution is -2.47. The monoisotopic (exact) mass is 406 g/mol. The topological polar surface area (TPSA) is 87.5 Å². The van der Waals surface area contributed by atoms with Crippen LogP contribution in [0.5, 0.6) is 0 Å². The molecule has 28 heavy (non-hydrogen) atoms. The van der Waals surface area contributed by atoms with E-state index in [0.717, 1.165) is 5.56 Å². The van der Waals surface area contributed by atoms with Crippen LogP contribution in [-0.4, -0.2) is 36.0 Å². The minimum Gasteiger partial charge on any atom is -0.399 e. The van der Waals surface area contributed by atoms with E-state index in [1.807, 2.05) is 13.0 Å². The molecule has 1 fully saturated rings. The quantitative estimate of drug-likeness (QED) is 0.681. The van der Waals surface area contributed by atoms with Gasteiger partial charge in [-0.25, -0.2) is 9.18 Å². The number of piperidine rings is 1. The van der Waals surface area contributed by atoms with Gasteiger partial charge in [-0.2, -0.15) is 0 Å². The Morgan fingerprint density at radius 2 is 1.75 bits per heavy atom. The highest BCUT2D eigenvalue weighted by atomic mass is 35.5. The summed E-state index contributed by atoms with van der Waals surface area (Å²) in [5.74, 6) is -0.387. The molecule has 1 saturated heterocycles. The molecule has 0 aliphatic carbocycles. The number of urea groups is 1. The second-order valence-electron chi connectivity index (χ2n) is 6.75. The fourth-order valence-electron chi connectivity index (χ4n) is 3.15. The Kier molecular flexibility index (Phi) is 7.23. The van der Waals surface area contributed by atoms with Gasteiger partial charge in [0.1, 0.15) is 5.82 Å². The number of carbonyl (C=O) groups is 2. The fraction of sp³-hybridized carbons (Fsp3) is 0.300. The Hall–Kier alpha value is -2.80. The Morgan fingerprint density at radius 3 is 2.39 bits per heavy atom. The summed E-state index contributed by atoms with van der Waals surface area (Å²) in [5, 5.41) is 5.58. The second-order valence-corrected chi connectivity index (χ2v) is 6.75. The number of likely N-dealkylation sites (tertiary alicyclic amines) is 1. The van der Waals surface area contributed by atoms with E-state index in [1.165, 1.54) is 24.3 Å². The molecule has 0 atom stereocenters. The number of nitrogen functional groups attached to an aromatic ring is 1. The maximum Gasteiger partial charge on any atom is 0.319 e. The first kappa shape index (κ1) is 21.5. The molecule has 0 bridgehead atoms. The number of hydrogen-bond donors (Lipinski definition) is 3. The van der Waals surface area contributed by atoms with Crippen LogP contribution in [-0.2, 0) is 0 Å². The number of amides is 3. The van der Waals surface area contributed by atoms with Gasteiger partial charge in [0.15, 0.2) is 0 Å². The van der Waals surface area contributed by atoms with E-state index in [-0.39, 0.29) is 36.2 Å². The number of nitrogens with two attached hydrogens (primary N) is 1. The largest absolute Gasteiger partial charge is 0.399 e. The van der Waals surface area contributed by atoms with Gasteiger partial charge in [0.2, 0.25) is 0 Å². The third kappa shape index (κ3) is 5.36. The van der Waals surface area contributed by atoms with Crippen molar-refractivity contribution < 1.29 is 14.0 Å². The third-order valence-corrected chi connectivity index (χ3v) is 4.71. The summed E-state index contributed by atoms with van der Waals surface area (Å²) in [6.45, 7) is 3.02. The number of aryl methyl sites for hydroxylation is 1. The Labute approximate surface area is 169 Å². The van der Waals surface area contributed by atoms with Crippen LogP contribution in [0.3, 0.4) is 0 Å². The number of carbonyl (C=O) groups excluding carboxylic acids is 2. The molecule has 3 rings (SSSR count).